The van der Waals surface area contributed by atoms with Crippen molar-refractivity contribution in [2.24, 2.45) is 0 Å². The molecule has 0 saturated heterocycles. The number of thiophene rings is 1. The SMILES string of the molecule is Cc1ccc2c(c1)CN(C(=O)c1cnc3ccccn3c1=O)CC(c1ccsc1)O2. The van der Waals surface area contributed by atoms with E-state index in [9.17, 15) is 9.59 Å². The molecule has 0 saturated carbocycles. The summed E-state index contributed by atoms with van der Waals surface area (Å²) in [7, 11) is 0. The number of carbonyl (C=O) groups excluding carboxylic acids is 1. The molecular weight excluding hydrogens is 398 g/mol. The lowest BCUT2D eigenvalue weighted by molar-refractivity contribution is 0.0675. The van der Waals surface area contributed by atoms with E-state index >= 15 is 0 Å². The number of ether oxygens (including phenoxy) is 1. The fourth-order valence-electron chi connectivity index (χ4n) is 3.74. The summed E-state index contributed by atoms with van der Waals surface area (Å²) >= 11 is 1.59. The number of carbonyl (C=O) groups is 1. The van der Waals surface area contributed by atoms with Gasteiger partial charge in [-0.1, -0.05) is 23.8 Å². The van der Waals surface area contributed by atoms with Crippen molar-refractivity contribution in [3.05, 3.63) is 98.2 Å². The number of pyridine rings is 1. The Hall–Kier alpha value is -3.45. The van der Waals surface area contributed by atoms with E-state index in [1.54, 1.807) is 40.6 Å². The first-order valence-corrected chi connectivity index (χ1v) is 10.6. The molecule has 3 aromatic heterocycles. The fraction of sp³-hybridized carbons (Fsp3) is 0.174. The van der Waals surface area contributed by atoms with Crippen molar-refractivity contribution in [3.8, 4) is 5.75 Å². The van der Waals surface area contributed by atoms with Crippen LogP contribution in [0, 0.1) is 6.92 Å². The lowest BCUT2D eigenvalue weighted by Gasteiger charge is -2.23. The van der Waals surface area contributed by atoms with Crippen LogP contribution >= 0.6 is 11.3 Å². The molecule has 6 nitrogen and oxygen atoms in total. The van der Waals surface area contributed by atoms with E-state index in [2.05, 4.69) is 4.98 Å². The molecule has 0 bridgehead atoms. The zero-order valence-electron chi connectivity index (χ0n) is 16.3. The number of benzene rings is 1. The summed E-state index contributed by atoms with van der Waals surface area (Å²) in [6, 6.07) is 13.3. The minimum absolute atomic E-state index is 0.0545. The zero-order chi connectivity index (χ0) is 20.7. The van der Waals surface area contributed by atoms with Crippen LogP contribution in [-0.2, 0) is 6.54 Å². The van der Waals surface area contributed by atoms with Crippen LogP contribution in [0.15, 0.2) is 70.4 Å². The van der Waals surface area contributed by atoms with Crippen LogP contribution in [0.2, 0.25) is 0 Å². The second-order valence-electron chi connectivity index (χ2n) is 7.37. The second kappa shape index (κ2) is 7.42. The third-order valence-corrected chi connectivity index (χ3v) is 5.98. The number of aromatic nitrogens is 2. The van der Waals surface area contributed by atoms with Gasteiger partial charge in [-0.05, 0) is 41.9 Å². The van der Waals surface area contributed by atoms with E-state index < -0.39 is 0 Å². The van der Waals surface area contributed by atoms with Crippen LogP contribution < -0.4 is 10.3 Å². The van der Waals surface area contributed by atoms with Gasteiger partial charge in [-0.25, -0.2) is 4.98 Å². The molecule has 0 radical (unpaired) electrons. The molecule has 0 aliphatic carbocycles. The first kappa shape index (κ1) is 18.6. The topological polar surface area (TPSA) is 63.9 Å². The van der Waals surface area contributed by atoms with Gasteiger partial charge in [0.15, 0.2) is 0 Å². The van der Waals surface area contributed by atoms with E-state index in [0.717, 1.165) is 22.4 Å². The quantitative estimate of drug-likeness (QED) is 0.497. The van der Waals surface area contributed by atoms with Crippen LogP contribution in [0.25, 0.3) is 5.65 Å². The van der Waals surface area contributed by atoms with Gasteiger partial charge in [0, 0.05) is 30.1 Å². The Bertz CT molecular complexity index is 1300. The highest BCUT2D eigenvalue weighted by Gasteiger charge is 2.29. The van der Waals surface area contributed by atoms with Gasteiger partial charge in [0.1, 0.15) is 23.1 Å². The first-order valence-electron chi connectivity index (χ1n) is 9.64. The van der Waals surface area contributed by atoms with Crippen molar-refractivity contribution < 1.29 is 9.53 Å². The molecule has 1 aliphatic rings. The fourth-order valence-corrected chi connectivity index (χ4v) is 4.44. The molecule has 7 heteroatoms. The maximum absolute atomic E-state index is 13.4. The summed E-state index contributed by atoms with van der Waals surface area (Å²) in [6.45, 7) is 2.72. The highest BCUT2D eigenvalue weighted by atomic mass is 32.1. The Morgan fingerprint density at radius 2 is 2.13 bits per heavy atom. The summed E-state index contributed by atoms with van der Waals surface area (Å²) in [4.78, 5) is 32.4. The molecule has 4 aromatic rings. The maximum Gasteiger partial charge on any atom is 0.270 e. The Morgan fingerprint density at radius 3 is 2.97 bits per heavy atom. The van der Waals surface area contributed by atoms with E-state index in [1.165, 1.54) is 10.6 Å². The third kappa shape index (κ3) is 3.27. The number of amides is 1. The summed E-state index contributed by atoms with van der Waals surface area (Å²) in [5.74, 6) is 0.421. The Morgan fingerprint density at radius 1 is 1.23 bits per heavy atom. The normalized spacial score (nSPS) is 16.0. The summed E-state index contributed by atoms with van der Waals surface area (Å²) < 4.78 is 7.69. The first-order chi connectivity index (χ1) is 14.6. The zero-order valence-corrected chi connectivity index (χ0v) is 17.1. The Balaban J connectivity index is 1.57. The van der Waals surface area contributed by atoms with Crippen molar-refractivity contribution in [2.45, 2.75) is 19.6 Å². The van der Waals surface area contributed by atoms with Crippen molar-refractivity contribution in [3.63, 3.8) is 0 Å². The van der Waals surface area contributed by atoms with Crippen molar-refractivity contribution in [1.29, 1.82) is 0 Å². The summed E-state index contributed by atoms with van der Waals surface area (Å²) in [5, 5.41) is 4.02. The second-order valence-corrected chi connectivity index (χ2v) is 8.15. The highest BCUT2D eigenvalue weighted by Crippen LogP contribution is 2.33. The van der Waals surface area contributed by atoms with Gasteiger partial charge < -0.3 is 9.64 Å². The van der Waals surface area contributed by atoms with Crippen LogP contribution in [0.1, 0.15) is 33.2 Å². The smallest absolute Gasteiger partial charge is 0.270 e. The van der Waals surface area contributed by atoms with Crippen LogP contribution in [0.5, 0.6) is 5.75 Å². The van der Waals surface area contributed by atoms with Gasteiger partial charge in [0.2, 0.25) is 0 Å². The number of hydrogen-bond donors (Lipinski definition) is 0. The average Bonchev–Trinajstić information content (AvgIpc) is 3.22. The third-order valence-electron chi connectivity index (χ3n) is 5.28. The highest BCUT2D eigenvalue weighted by molar-refractivity contribution is 7.07. The van der Waals surface area contributed by atoms with Gasteiger partial charge in [0.25, 0.3) is 11.5 Å². The van der Waals surface area contributed by atoms with Crippen molar-refractivity contribution in [1.82, 2.24) is 14.3 Å². The van der Waals surface area contributed by atoms with Gasteiger partial charge in [-0.3, -0.25) is 14.0 Å². The molecule has 0 spiro atoms. The molecule has 30 heavy (non-hydrogen) atoms. The number of aryl methyl sites for hydroxylation is 1. The number of rotatable bonds is 2. The molecule has 1 unspecified atom stereocenters. The lowest BCUT2D eigenvalue weighted by atomic mass is 10.1. The van der Waals surface area contributed by atoms with Gasteiger partial charge >= 0.3 is 0 Å². The van der Waals surface area contributed by atoms with Crippen molar-refractivity contribution in [2.75, 3.05) is 6.54 Å². The van der Waals surface area contributed by atoms with E-state index in [4.69, 9.17) is 4.74 Å². The molecule has 5 rings (SSSR count). The monoisotopic (exact) mass is 417 g/mol. The molecule has 1 atom stereocenters. The predicted molar refractivity (Wildman–Crippen MR) is 115 cm³/mol. The van der Waals surface area contributed by atoms with E-state index in [0.29, 0.717) is 18.7 Å². The Kier molecular flexibility index (Phi) is 4.59. The molecule has 1 amide bonds. The van der Waals surface area contributed by atoms with E-state index in [1.807, 2.05) is 41.9 Å². The lowest BCUT2D eigenvalue weighted by Crippen LogP contribution is -2.37. The maximum atomic E-state index is 13.4. The standard InChI is InChI=1S/C23H19N3O3S/c1-15-5-6-19-17(10-15)12-25(13-20(29-19)16-7-9-30-14-16)22(27)18-11-24-21-4-2-3-8-26(21)23(18)28/h2-11,14,20H,12-13H2,1H3. The number of fused-ring (bicyclic) bond motifs is 2. The van der Waals surface area contributed by atoms with Crippen LogP contribution in [0.4, 0.5) is 0 Å². The number of hydrogen-bond acceptors (Lipinski definition) is 5. The average molecular weight is 417 g/mol. The van der Waals surface area contributed by atoms with E-state index in [-0.39, 0.29) is 23.1 Å². The number of nitrogens with zero attached hydrogens (tertiary/aromatic N) is 3. The molecule has 150 valence electrons. The molecule has 1 aliphatic heterocycles. The minimum Gasteiger partial charge on any atom is -0.483 e. The van der Waals surface area contributed by atoms with Gasteiger partial charge in [-0.15, -0.1) is 0 Å². The summed E-state index contributed by atoms with van der Waals surface area (Å²) in [5.41, 5.74) is 3.22. The van der Waals surface area contributed by atoms with Crippen molar-refractivity contribution >= 4 is 22.9 Å². The summed E-state index contributed by atoms with van der Waals surface area (Å²) in [6.07, 6.45) is 2.70. The van der Waals surface area contributed by atoms with Crippen LogP contribution in [-0.4, -0.2) is 26.7 Å². The van der Waals surface area contributed by atoms with Gasteiger partial charge in [0.05, 0.1) is 6.54 Å². The van der Waals surface area contributed by atoms with Gasteiger partial charge in [-0.2, -0.15) is 11.3 Å². The Labute approximate surface area is 177 Å². The van der Waals surface area contributed by atoms with Crippen LogP contribution in [0.3, 0.4) is 0 Å². The molecular formula is C23H19N3O3S. The molecule has 1 aromatic carbocycles. The molecule has 4 heterocycles. The predicted octanol–water partition coefficient (Wildman–Crippen LogP) is 3.84. The largest absolute Gasteiger partial charge is 0.483 e. The minimum atomic E-state index is -0.368. The molecule has 0 fully saturated rings. The molecule has 0 N–H and O–H groups in total.